The lowest BCUT2D eigenvalue weighted by molar-refractivity contribution is -0.151. The Morgan fingerprint density at radius 2 is 0.679 bits per heavy atom. The van der Waals surface area contributed by atoms with E-state index in [0.29, 0.717) is 0 Å². The molecule has 0 fully saturated rings. The highest BCUT2D eigenvalue weighted by Gasteiger charge is 2.47. The molecule has 2 heterocycles. The number of alkyl halides is 12. The van der Waals surface area contributed by atoms with E-state index in [1.807, 2.05) is 0 Å². The van der Waals surface area contributed by atoms with Crippen molar-refractivity contribution >= 4 is 33.4 Å². The van der Waals surface area contributed by atoms with Crippen molar-refractivity contribution in [2.24, 2.45) is 0 Å². The molecule has 0 atom stereocenters. The monoisotopic (exact) mass is 790 g/mol. The molecule has 2 aliphatic carbocycles. The van der Waals surface area contributed by atoms with E-state index in [-0.39, 0.29) is 24.3 Å². The van der Waals surface area contributed by atoms with Crippen LogP contribution in [0.4, 0.5) is 61.5 Å². The van der Waals surface area contributed by atoms with Gasteiger partial charge in [-0.15, -0.1) is 0 Å². The minimum atomic E-state index is -5.66. The molecule has 0 bridgehead atoms. The van der Waals surface area contributed by atoms with Crippen LogP contribution in [0.15, 0.2) is 35.4 Å². The molecule has 0 spiro atoms. The number of nitriles is 6. The van der Waals surface area contributed by atoms with Gasteiger partial charge < -0.3 is 0 Å². The Balaban J connectivity index is 2.06. The van der Waals surface area contributed by atoms with Gasteiger partial charge in [-0.25, -0.2) is 18.7 Å². The van der Waals surface area contributed by atoms with E-state index in [2.05, 4.69) is 9.97 Å². The number of aromatic nitrogens is 2. The first-order chi connectivity index (χ1) is 25.9. The van der Waals surface area contributed by atoms with E-state index in [9.17, 15) is 84.3 Å². The van der Waals surface area contributed by atoms with Gasteiger partial charge in [0.25, 0.3) is 0 Å². The van der Waals surface area contributed by atoms with Crippen LogP contribution < -0.4 is 0 Å². The maximum atomic E-state index is 17.2. The maximum Gasteiger partial charge on any atom is 0.433 e. The number of halogens is 14. The SMILES string of the molecule is N#CC(C#N)=C1C(c2cc(C(F)(F)F)nc(C(F)(F)F)c2)=C(C#N)c2c(F)c3c(c(F)c21)C(=C(C#N)C#N)C(c1cc(C(F)(F)F)nc(C(F)(F)F)c1)=C3C#N. The summed E-state index contributed by atoms with van der Waals surface area (Å²) in [5.74, 6) is -4.14. The van der Waals surface area contributed by atoms with Crippen LogP contribution >= 0.6 is 0 Å². The number of nitrogens with zero attached hydrogens (tertiary/aromatic N) is 8. The minimum absolute atomic E-state index is 0.128. The van der Waals surface area contributed by atoms with Crippen molar-refractivity contribution in [2.45, 2.75) is 24.7 Å². The number of hydrogen-bond donors (Lipinski definition) is 0. The first-order valence-electron chi connectivity index (χ1n) is 14.2. The topological polar surface area (TPSA) is 169 Å². The molecule has 0 saturated carbocycles. The van der Waals surface area contributed by atoms with E-state index in [0.717, 1.165) is 24.3 Å². The van der Waals surface area contributed by atoms with E-state index in [1.165, 1.54) is 12.1 Å². The van der Waals surface area contributed by atoms with E-state index in [1.54, 1.807) is 0 Å². The van der Waals surface area contributed by atoms with Crippen molar-refractivity contribution in [3.05, 3.63) is 103 Å². The number of allylic oxidation sites excluding steroid dienone is 8. The summed E-state index contributed by atoms with van der Waals surface area (Å²) in [6, 6.07) is 6.57. The van der Waals surface area contributed by atoms with Crippen LogP contribution in [0.25, 0.3) is 33.4 Å². The molecular weight excluding hydrogens is 786 g/mol. The molecular formula is C34H4F14N8. The lowest BCUT2D eigenvalue weighted by atomic mass is 9.88. The molecule has 0 saturated heterocycles. The van der Waals surface area contributed by atoms with Crippen molar-refractivity contribution < 1.29 is 61.5 Å². The third-order valence-electron chi connectivity index (χ3n) is 7.94. The fourth-order valence-corrected chi connectivity index (χ4v) is 5.88. The molecule has 0 unspecified atom stereocenters. The van der Waals surface area contributed by atoms with Gasteiger partial charge >= 0.3 is 24.7 Å². The quantitative estimate of drug-likeness (QED) is 0.183. The third kappa shape index (κ3) is 6.19. The summed E-state index contributed by atoms with van der Waals surface area (Å²) in [6.45, 7) is 0. The van der Waals surface area contributed by atoms with Crippen molar-refractivity contribution in [1.29, 1.82) is 31.6 Å². The lowest BCUT2D eigenvalue weighted by Crippen LogP contribution is -2.16. The van der Waals surface area contributed by atoms with Crippen LogP contribution in [0.5, 0.6) is 0 Å². The predicted octanol–water partition coefficient (Wildman–Crippen LogP) is 9.33. The summed E-state index contributed by atoms with van der Waals surface area (Å²) >= 11 is 0. The van der Waals surface area contributed by atoms with Crippen LogP contribution in [0.3, 0.4) is 0 Å². The summed E-state index contributed by atoms with van der Waals surface area (Å²) in [4.78, 5) is 4.98. The predicted molar refractivity (Wildman–Crippen MR) is 156 cm³/mol. The van der Waals surface area contributed by atoms with Crippen molar-refractivity contribution in [1.82, 2.24) is 9.97 Å². The first-order valence-corrected chi connectivity index (χ1v) is 14.2. The van der Waals surface area contributed by atoms with Gasteiger partial charge in [0, 0.05) is 44.5 Å². The van der Waals surface area contributed by atoms with Crippen molar-refractivity contribution in [3.8, 4) is 36.4 Å². The zero-order valence-corrected chi connectivity index (χ0v) is 26.2. The Morgan fingerprint density at radius 3 is 0.893 bits per heavy atom. The fourth-order valence-electron chi connectivity index (χ4n) is 5.88. The molecule has 56 heavy (non-hydrogen) atoms. The van der Waals surface area contributed by atoms with Crippen LogP contribution in [-0.2, 0) is 24.7 Å². The van der Waals surface area contributed by atoms with Crippen LogP contribution in [-0.4, -0.2) is 9.97 Å². The zero-order chi connectivity index (χ0) is 42.0. The molecule has 2 aromatic heterocycles. The second-order valence-corrected chi connectivity index (χ2v) is 11.0. The molecule has 1 aromatic carbocycles. The van der Waals surface area contributed by atoms with Gasteiger partial charge in [-0.1, -0.05) is 0 Å². The minimum Gasteiger partial charge on any atom is -0.239 e. The average molecular weight is 790 g/mol. The largest absolute Gasteiger partial charge is 0.433 e. The molecule has 278 valence electrons. The van der Waals surface area contributed by atoms with Gasteiger partial charge in [0.15, 0.2) is 0 Å². The van der Waals surface area contributed by atoms with Gasteiger partial charge in [-0.2, -0.15) is 84.3 Å². The number of fused-ring (bicyclic) bond motifs is 2. The lowest BCUT2D eigenvalue weighted by Gasteiger charge is -2.16. The highest BCUT2D eigenvalue weighted by molar-refractivity contribution is 6.30. The Morgan fingerprint density at radius 1 is 0.429 bits per heavy atom. The smallest absolute Gasteiger partial charge is 0.239 e. The summed E-state index contributed by atoms with van der Waals surface area (Å²) in [5, 5.41) is 59.4. The van der Waals surface area contributed by atoms with E-state index >= 15 is 8.78 Å². The summed E-state index contributed by atoms with van der Waals surface area (Å²) in [6.07, 6.45) is -22.7. The molecule has 3 aromatic rings. The Kier molecular flexibility index (Phi) is 9.26. The van der Waals surface area contributed by atoms with Gasteiger partial charge in [-0.3, -0.25) is 0 Å². The number of benzene rings is 1. The molecule has 0 aliphatic heterocycles. The molecule has 0 amide bonds. The normalized spacial score (nSPS) is 13.9. The molecule has 22 heteroatoms. The zero-order valence-electron chi connectivity index (χ0n) is 26.2. The summed E-state index contributed by atoms with van der Waals surface area (Å²) in [5.41, 5.74) is -28.6. The first kappa shape index (κ1) is 39.6. The molecule has 0 radical (unpaired) electrons. The van der Waals surface area contributed by atoms with Crippen LogP contribution in [0.2, 0.25) is 0 Å². The Labute approximate surface area is 300 Å². The van der Waals surface area contributed by atoms with Crippen molar-refractivity contribution in [2.75, 3.05) is 0 Å². The van der Waals surface area contributed by atoms with Gasteiger partial charge in [-0.05, 0) is 35.4 Å². The van der Waals surface area contributed by atoms with Gasteiger partial charge in [0.05, 0.1) is 11.1 Å². The molecule has 0 N–H and O–H groups in total. The summed E-state index contributed by atoms with van der Waals surface area (Å²) in [7, 11) is 0. The maximum absolute atomic E-state index is 17.2. The van der Waals surface area contributed by atoms with E-state index in [4.69, 9.17) is 0 Å². The molecule has 8 nitrogen and oxygen atoms in total. The average Bonchev–Trinajstić information content (AvgIpc) is 3.64. The number of hydrogen-bond acceptors (Lipinski definition) is 8. The Hall–Kier alpha value is -7.56. The number of pyridine rings is 2. The second-order valence-electron chi connectivity index (χ2n) is 11.0. The Bertz CT molecular complexity index is 2440. The fraction of sp³-hybridized carbons (Fsp3) is 0.118. The third-order valence-corrected chi connectivity index (χ3v) is 7.94. The van der Waals surface area contributed by atoms with Crippen LogP contribution in [0, 0.1) is 79.6 Å². The standard InChI is InChI=1S/C34H4F14N8/c35-29-25-15(9-53)21(11-1-17(31(37,38)39)55-18(2-11)32(40,41)42)23(13(5-49)6-50)27(25)30(36)28-24(14(7-51)8-52)22(16(10-54)26(28)29)12-3-19(33(43,44)45)56-20(4-12)34(46,47)48/h1-4H. The van der Waals surface area contributed by atoms with E-state index < -0.39 is 137 Å². The number of rotatable bonds is 2. The molecule has 5 rings (SSSR count). The molecule has 2 aliphatic rings. The highest BCUT2D eigenvalue weighted by atomic mass is 19.4. The van der Waals surface area contributed by atoms with Crippen molar-refractivity contribution in [3.63, 3.8) is 0 Å². The highest BCUT2D eigenvalue weighted by Crippen LogP contribution is 2.58. The second kappa shape index (κ2) is 13.1. The van der Waals surface area contributed by atoms with Crippen LogP contribution in [0.1, 0.15) is 56.2 Å². The van der Waals surface area contributed by atoms with Gasteiger partial charge in [0.2, 0.25) is 0 Å². The summed E-state index contributed by atoms with van der Waals surface area (Å²) < 4.78 is 200. The van der Waals surface area contributed by atoms with Gasteiger partial charge in [0.1, 0.15) is 82.0 Å².